The lowest BCUT2D eigenvalue weighted by atomic mass is 10.3. The largest absolute Gasteiger partial charge is 0.452 e. The second kappa shape index (κ2) is 2.20. The number of pyridine rings is 1. The molecule has 0 saturated carbocycles. The minimum atomic E-state index is 0.341. The van der Waals surface area contributed by atoms with Gasteiger partial charge in [0.05, 0.1) is 6.20 Å². The number of fused-ring (bicyclic) bond motifs is 1. The summed E-state index contributed by atoms with van der Waals surface area (Å²) in [5.41, 5.74) is 0.648. The summed E-state index contributed by atoms with van der Waals surface area (Å²) in [7, 11) is 0. The average Bonchev–Trinajstić information content (AvgIpc) is 2.46. The summed E-state index contributed by atoms with van der Waals surface area (Å²) in [6.45, 7) is 0. The van der Waals surface area contributed by atoms with Crippen molar-refractivity contribution in [2.24, 2.45) is 0 Å². The average molecular weight is 147 g/mol. The molecule has 0 bridgehead atoms. The molecule has 0 saturated heterocycles. The zero-order valence-corrected chi connectivity index (χ0v) is 5.65. The maximum absolute atomic E-state index is 10.3. The summed E-state index contributed by atoms with van der Waals surface area (Å²) in [5, 5.41) is 0.905. The summed E-state index contributed by atoms with van der Waals surface area (Å²) in [4.78, 5) is 14.1. The lowest BCUT2D eigenvalue weighted by molar-refractivity contribution is 0.110. The molecule has 3 heteroatoms. The molecule has 0 radical (unpaired) electrons. The van der Waals surface area contributed by atoms with Crippen molar-refractivity contribution in [3.05, 3.63) is 30.3 Å². The Kier molecular flexibility index (Phi) is 1.22. The molecule has 2 rings (SSSR count). The number of aldehydes is 1. The Balaban J connectivity index is 2.78. The third-order valence-corrected chi connectivity index (χ3v) is 1.46. The van der Waals surface area contributed by atoms with Crippen LogP contribution < -0.4 is 0 Å². The summed E-state index contributed by atoms with van der Waals surface area (Å²) < 4.78 is 5.09. The minimum absolute atomic E-state index is 0.341. The van der Waals surface area contributed by atoms with Crippen LogP contribution >= 0.6 is 0 Å². The van der Waals surface area contributed by atoms with E-state index in [-0.39, 0.29) is 0 Å². The summed E-state index contributed by atoms with van der Waals surface area (Å²) in [6, 6.07) is 3.48. The van der Waals surface area contributed by atoms with E-state index in [4.69, 9.17) is 4.42 Å². The van der Waals surface area contributed by atoms with E-state index in [0.29, 0.717) is 17.6 Å². The van der Waals surface area contributed by atoms with Crippen molar-refractivity contribution in [3.63, 3.8) is 0 Å². The summed E-state index contributed by atoms with van der Waals surface area (Å²) in [5.74, 6) is 0.341. The summed E-state index contributed by atoms with van der Waals surface area (Å²) in [6.07, 6.45) is 3.93. The van der Waals surface area contributed by atoms with Gasteiger partial charge in [0.25, 0.3) is 0 Å². The first-order valence-corrected chi connectivity index (χ1v) is 3.19. The van der Waals surface area contributed by atoms with Gasteiger partial charge in [0.2, 0.25) is 0 Å². The monoisotopic (exact) mass is 147 g/mol. The predicted molar refractivity (Wildman–Crippen MR) is 39.4 cm³/mol. The first-order chi connectivity index (χ1) is 5.40. The van der Waals surface area contributed by atoms with Gasteiger partial charge in [-0.2, -0.15) is 0 Å². The van der Waals surface area contributed by atoms with E-state index in [1.807, 2.05) is 0 Å². The normalized spacial score (nSPS) is 10.2. The van der Waals surface area contributed by atoms with Gasteiger partial charge in [-0.1, -0.05) is 0 Å². The lowest BCUT2D eigenvalue weighted by Crippen LogP contribution is -1.66. The molecule has 2 aromatic rings. The van der Waals surface area contributed by atoms with E-state index in [1.165, 1.54) is 0 Å². The fraction of sp³-hybridized carbons (Fsp3) is 0. The highest BCUT2D eigenvalue weighted by atomic mass is 16.3. The molecule has 0 fully saturated rings. The molecule has 11 heavy (non-hydrogen) atoms. The quantitative estimate of drug-likeness (QED) is 0.576. The highest BCUT2D eigenvalue weighted by molar-refractivity contribution is 5.84. The number of carbonyl (C=O) groups is 1. The lowest BCUT2D eigenvalue weighted by Gasteiger charge is -1.81. The third kappa shape index (κ3) is 0.902. The zero-order chi connectivity index (χ0) is 7.68. The van der Waals surface area contributed by atoms with Gasteiger partial charge < -0.3 is 4.42 Å². The standard InChI is InChI=1S/C8H5NO2/c10-5-7-3-6-1-2-9-4-8(6)11-7/h1-5H. The Morgan fingerprint density at radius 2 is 2.45 bits per heavy atom. The molecule has 0 unspecified atom stereocenters. The van der Waals surface area contributed by atoms with E-state index in [9.17, 15) is 4.79 Å². The van der Waals surface area contributed by atoms with Crippen LogP contribution in [0.15, 0.2) is 28.9 Å². The van der Waals surface area contributed by atoms with Crippen LogP contribution in [0.1, 0.15) is 10.6 Å². The number of rotatable bonds is 1. The van der Waals surface area contributed by atoms with Gasteiger partial charge in [-0.3, -0.25) is 9.78 Å². The molecule has 54 valence electrons. The Morgan fingerprint density at radius 1 is 1.55 bits per heavy atom. The highest BCUT2D eigenvalue weighted by Gasteiger charge is 1.99. The SMILES string of the molecule is O=Cc1cc2ccncc2o1. The van der Waals surface area contributed by atoms with Crippen LogP contribution in [0.3, 0.4) is 0 Å². The predicted octanol–water partition coefficient (Wildman–Crippen LogP) is 1.64. The Labute approximate surface area is 62.7 Å². The topological polar surface area (TPSA) is 43.1 Å². The molecule has 0 aliphatic carbocycles. The van der Waals surface area contributed by atoms with Gasteiger partial charge in [0.15, 0.2) is 17.6 Å². The molecule has 0 N–H and O–H groups in total. The van der Waals surface area contributed by atoms with Crippen LogP contribution in [0.5, 0.6) is 0 Å². The zero-order valence-electron chi connectivity index (χ0n) is 5.65. The number of nitrogens with zero attached hydrogens (tertiary/aromatic N) is 1. The Morgan fingerprint density at radius 3 is 3.18 bits per heavy atom. The molecular weight excluding hydrogens is 142 g/mol. The Hall–Kier alpha value is -1.64. The number of aromatic nitrogens is 1. The van der Waals surface area contributed by atoms with Crippen LogP contribution in [0, 0.1) is 0 Å². The number of furan rings is 1. The van der Waals surface area contributed by atoms with Crippen LogP contribution in [-0.2, 0) is 0 Å². The van der Waals surface area contributed by atoms with E-state index in [0.717, 1.165) is 5.39 Å². The molecule has 0 atom stereocenters. The van der Waals surface area contributed by atoms with Gasteiger partial charge >= 0.3 is 0 Å². The molecule has 0 aromatic carbocycles. The van der Waals surface area contributed by atoms with Crippen molar-refractivity contribution in [2.45, 2.75) is 0 Å². The first kappa shape index (κ1) is 6.09. The van der Waals surface area contributed by atoms with Crippen LogP contribution in [-0.4, -0.2) is 11.3 Å². The first-order valence-electron chi connectivity index (χ1n) is 3.19. The van der Waals surface area contributed by atoms with Crippen LogP contribution in [0.4, 0.5) is 0 Å². The molecular formula is C8H5NO2. The van der Waals surface area contributed by atoms with Crippen LogP contribution in [0.2, 0.25) is 0 Å². The maximum atomic E-state index is 10.3. The fourth-order valence-electron chi connectivity index (χ4n) is 0.963. The molecule has 0 aliphatic heterocycles. The highest BCUT2D eigenvalue weighted by Crippen LogP contribution is 2.15. The Bertz CT molecular complexity index is 359. The van der Waals surface area contributed by atoms with Crippen molar-refractivity contribution in [2.75, 3.05) is 0 Å². The van der Waals surface area contributed by atoms with E-state index in [1.54, 1.807) is 24.5 Å². The molecule has 2 heterocycles. The summed E-state index contributed by atoms with van der Waals surface area (Å²) >= 11 is 0. The van der Waals surface area contributed by atoms with Gasteiger partial charge in [-0.25, -0.2) is 0 Å². The smallest absolute Gasteiger partial charge is 0.185 e. The molecule has 2 aromatic heterocycles. The number of hydrogen-bond donors (Lipinski definition) is 0. The second-order valence-corrected chi connectivity index (χ2v) is 2.18. The van der Waals surface area contributed by atoms with Crippen molar-refractivity contribution in [1.82, 2.24) is 4.98 Å². The van der Waals surface area contributed by atoms with Crippen molar-refractivity contribution in [3.8, 4) is 0 Å². The van der Waals surface area contributed by atoms with E-state index in [2.05, 4.69) is 4.98 Å². The number of carbonyl (C=O) groups excluding carboxylic acids is 1. The van der Waals surface area contributed by atoms with Gasteiger partial charge in [0.1, 0.15) is 0 Å². The van der Waals surface area contributed by atoms with Crippen molar-refractivity contribution >= 4 is 17.3 Å². The second-order valence-electron chi connectivity index (χ2n) is 2.18. The van der Waals surface area contributed by atoms with Gasteiger partial charge in [0, 0.05) is 11.6 Å². The van der Waals surface area contributed by atoms with Gasteiger partial charge in [-0.15, -0.1) is 0 Å². The van der Waals surface area contributed by atoms with Crippen molar-refractivity contribution < 1.29 is 9.21 Å². The van der Waals surface area contributed by atoms with Crippen LogP contribution in [0.25, 0.3) is 11.0 Å². The molecule has 0 spiro atoms. The number of hydrogen-bond acceptors (Lipinski definition) is 3. The van der Waals surface area contributed by atoms with Gasteiger partial charge in [-0.05, 0) is 12.1 Å². The van der Waals surface area contributed by atoms with E-state index < -0.39 is 0 Å². The molecule has 0 aliphatic rings. The van der Waals surface area contributed by atoms with E-state index >= 15 is 0 Å². The fourth-order valence-corrected chi connectivity index (χ4v) is 0.963. The minimum Gasteiger partial charge on any atom is -0.452 e. The third-order valence-electron chi connectivity index (χ3n) is 1.46. The molecule has 0 amide bonds. The van der Waals surface area contributed by atoms with Crippen molar-refractivity contribution in [1.29, 1.82) is 0 Å². The molecule has 3 nitrogen and oxygen atoms in total. The maximum Gasteiger partial charge on any atom is 0.185 e.